The minimum absolute atomic E-state index is 0.0725. The molecule has 2 aromatic heterocycles. The Morgan fingerprint density at radius 2 is 1.77 bits per heavy atom. The molecule has 0 aliphatic rings. The molecule has 7 heteroatoms. The molecule has 0 spiro atoms. The lowest BCUT2D eigenvalue weighted by atomic mass is 10.2. The van der Waals surface area contributed by atoms with Crippen LogP contribution in [0.15, 0.2) is 48.7 Å². The van der Waals surface area contributed by atoms with Crippen LogP contribution in [0.2, 0.25) is 0 Å². The zero-order valence-corrected chi connectivity index (χ0v) is 15.1. The lowest BCUT2D eigenvalue weighted by Gasteiger charge is -2.11. The number of hydrogen-bond acceptors (Lipinski definition) is 6. The van der Waals surface area contributed by atoms with E-state index in [0.29, 0.717) is 27.9 Å². The standard InChI is InChI=1S/C19H17N3O3S/c1-24-12-7-11(8-13(9-12)25-2)22-10-15(23)17(18(22)20)19-21-14-5-3-4-6-16(14)26-19/h3-10,23H,20H2,1-2H3. The fourth-order valence-electron chi connectivity index (χ4n) is 2.85. The zero-order valence-electron chi connectivity index (χ0n) is 14.3. The number of nitrogen functional groups attached to an aromatic ring is 1. The van der Waals surface area contributed by atoms with E-state index >= 15 is 0 Å². The van der Waals surface area contributed by atoms with Crippen molar-refractivity contribution in [2.45, 2.75) is 0 Å². The first-order valence-electron chi connectivity index (χ1n) is 7.90. The Kier molecular flexibility index (Phi) is 3.93. The van der Waals surface area contributed by atoms with Gasteiger partial charge in [-0.15, -0.1) is 11.3 Å². The second-order valence-electron chi connectivity index (χ2n) is 5.70. The molecular formula is C19H17N3O3S. The van der Waals surface area contributed by atoms with E-state index in [4.69, 9.17) is 15.2 Å². The van der Waals surface area contributed by atoms with Crippen LogP contribution in [0.5, 0.6) is 17.2 Å². The highest BCUT2D eigenvalue weighted by molar-refractivity contribution is 7.21. The van der Waals surface area contributed by atoms with Gasteiger partial charge in [-0.05, 0) is 12.1 Å². The van der Waals surface area contributed by atoms with Crippen molar-refractivity contribution in [2.75, 3.05) is 20.0 Å². The minimum atomic E-state index is 0.0725. The molecule has 0 saturated carbocycles. The van der Waals surface area contributed by atoms with E-state index in [1.54, 1.807) is 31.0 Å². The number of nitrogens with two attached hydrogens (primary N) is 1. The molecule has 0 saturated heterocycles. The van der Waals surface area contributed by atoms with Crippen molar-refractivity contribution in [1.29, 1.82) is 0 Å². The maximum atomic E-state index is 10.5. The molecule has 26 heavy (non-hydrogen) atoms. The third kappa shape index (κ3) is 2.62. The second kappa shape index (κ2) is 6.27. The molecule has 2 aromatic carbocycles. The predicted octanol–water partition coefficient (Wildman–Crippen LogP) is 4.06. The predicted molar refractivity (Wildman–Crippen MR) is 104 cm³/mol. The minimum Gasteiger partial charge on any atom is -0.506 e. The van der Waals surface area contributed by atoms with Crippen molar-refractivity contribution in [3.63, 3.8) is 0 Å². The molecule has 3 N–H and O–H groups in total. The number of rotatable bonds is 4. The van der Waals surface area contributed by atoms with Gasteiger partial charge in [0.1, 0.15) is 28.1 Å². The van der Waals surface area contributed by atoms with Crippen LogP contribution < -0.4 is 15.2 Å². The highest BCUT2D eigenvalue weighted by Crippen LogP contribution is 2.42. The average Bonchev–Trinajstić information content (AvgIpc) is 3.21. The Hall–Kier alpha value is -3.19. The summed E-state index contributed by atoms with van der Waals surface area (Å²) in [5.74, 6) is 1.74. The zero-order chi connectivity index (χ0) is 18.3. The first-order valence-corrected chi connectivity index (χ1v) is 8.71. The summed E-state index contributed by atoms with van der Waals surface area (Å²) >= 11 is 1.49. The van der Waals surface area contributed by atoms with Crippen molar-refractivity contribution >= 4 is 27.4 Å². The van der Waals surface area contributed by atoms with Gasteiger partial charge in [-0.2, -0.15) is 0 Å². The highest BCUT2D eigenvalue weighted by Gasteiger charge is 2.20. The van der Waals surface area contributed by atoms with E-state index in [1.807, 2.05) is 36.4 Å². The van der Waals surface area contributed by atoms with Gasteiger partial charge in [0, 0.05) is 18.2 Å². The molecule has 0 bridgehead atoms. The molecule has 0 fully saturated rings. The van der Waals surface area contributed by atoms with Crippen LogP contribution >= 0.6 is 11.3 Å². The van der Waals surface area contributed by atoms with Gasteiger partial charge in [-0.3, -0.25) is 4.57 Å². The number of nitrogens with zero attached hydrogens (tertiary/aromatic N) is 2. The van der Waals surface area contributed by atoms with E-state index < -0.39 is 0 Å². The lowest BCUT2D eigenvalue weighted by Crippen LogP contribution is -2.00. The van der Waals surface area contributed by atoms with Crippen molar-refractivity contribution in [3.8, 4) is 33.5 Å². The molecule has 6 nitrogen and oxygen atoms in total. The van der Waals surface area contributed by atoms with Gasteiger partial charge in [-0.1, -0.05) is 12.1 Å². The molecule has 132 valence electrons. The van der Waals surface area contributed by atoms with Crippen LogP contribution in [0, 0.1) is 0 Å². The van der Waals surface area contributed by atoms with Gasteiger partial charge in [-0.25, -0.2) is 4.98 Å². The van der Waals surface area contributed by atoms with Crippen molar-refractivity contribution in [2.24, 2.45) is 0 Å². The SMILES string of the molecule is COc1cc(OC)cc(-n2cc(O)c(-c3nc4ccccc4s3)c2N)c1. The molecule has 0 radical (unpaired) electrons. The summed E-state index contributed by atoms with van der Waals surface area (Å²) in [6, 6.07) is 13.2. The van der Waals surface area contributed by atoms with Gasteiger partial charge in [0.05, 0.1) is 41.9 Å². The third-order valence-electron chi connectivity index (χ3n) is 4.15. The van der Waals surface area contributed by atoms with Crippen LogP contribution in [-0.4, -0.2) is 28.9 Å². The molecule has 0 aliphatic carbocycles. The summed E-state index contributed by atoms with van der Waals surface area (Å²) < 4.78 is 13.4. The molecule has 2 heterocycles. The van der Waals surface area contributed by atoms with Crippen LogP contribution in [-0.2, 0) is 0 Å². The topological polar surface area (TPSA) is 82.5 Å². The van der Waals surface area contributed by atoms with E-state index in [-0.39, 0.29) is 5.75 Å². The number of anilines is 1. The van der Waals surface area contributed by atoms with Crippen molar-refractivity contribution < 1.29 is 14.6 Å². The van der Waals surface area contributed by atoms with E-state index in [2.05, 4.69) is 4.98 Å². The Bertz CT molecular complexity index is 1050. The molecule has 0 amide bonds. The summed E-state index contributed by atoms with van der Waals surface area (Å²) in [5.41, 5.74) is 8.48. The summed E-state index contributed by atoms with van der Waals surface area (Å²) in [6.07, 6.45) is 1.57. The van der Waals surface area contributed by atoms with Gasteiger partial charge in [0.2, 0.25) is 0 Å². The monoisotopic (exact) mass is 367 g/mol. The van der Waals surface area contributed by atoms with Gasteiger partial charge >= 0.3 is 0 Å². The number of aromatic nitrogens is 2. The summed E-state index contributed by atoms with van der Waals surface area (Å²) in [6.45, 7) is 0. The van der Waals surface area contributed by atoms with Crippen LogP contribution in [0.25, 0.3) is 26.5 Å². The summed E-state index contributed by atoms with van der Waals surface area (Å²) in [5, 5.41) is 11.2. The number of fused-ring (bicyclic) bond motifs is 1. The normalized spacial score (nSPS) is 11.0. The van der Waals surface area contributed by atoms with Crippen molar-refractivity contribution in [3.05, 3.63) is 48.7 Å². The Morgan fingerprint density at radius 1 is 1.08 bits per heavy atom. The molecule has 0 unspecified atom stereocenters. The van der Waals surface area contributed by atoms with Gasteiger partial charge < -0.3 is 20.3 Å². The largest absolute Gasteiger partial charge is 0.506 e. The number of methoxy groups -OCH3 is 2. The molecule has 0 atom stereocenters. The fraction of sp³-hybridized carbons (Fsp3) is 0.105. The smallest absolute Gasteiger partial charge is 0.146 e. The first-order chi connectivity index (χ1) is 12.6. The number of para-hydroxylation sites is 1. The summed E-state index contributed by atoms with van der Waals surface area (Å²) in [7, 11) is 3.17. The molecule has 4 rings (SSSR count). The highest BCUT2D eigenvalue weighted by atomic mass is 32.1. The number of hydrogen-bond donors (Lipinski definition) is 2. The third-order valence-corrected chi connectivity index (χ3v) is 5.20. The van der Waals surface area contributed by atoms with E-state index in [0.717, 1.165) is 15.9 Å². The first kappa shape index (κ1) is 16.3. The quantitative estimate of drug-likeness (QED) is 0.568. The Labute approximate surface area is 154 Å². The molecular weight excluding hydrogens is 350 g/mol. The Morgan fingerprint density at radius 3 is 2.42 bits per heavy atom. The van der Waals surface area contributed by atoms with Crippen LogP contribution in [0.3, 0.4) is 0 Å². The van der Waals surface area contributed by atoms with Crippen molar-refractivity contribution in [1.82, 2.24) is 9.55 Å². The lowest BCUT2D eigenvalue weighted by molar-refractivity contribution is 0.394. The summed E-state index contributed by atoms with van der Waals surface area (Å²) in [4.78, 5) is 4.59. The van der Waals surface area contributed by atoms with E-state index in [9.17, 15) is 5.11 Å². The molecule has 4 aromatic rings. The number of aromatic hydroxyl groups is 1. The average molecular weight is 367 g/mol. The van der Waals surface area contributed by atoms with Gasteiger partial charge in [0.15, 0.2) is 0 Å². The number of ether oxygens (including phenoxy) is 2. The fourth-order valence-corrected chi connectivity index (χ4v) is 3.88. The maximum Gasteiger partial charge on any atom is 0.146 e. The van der Waals surface area contributed by atoms with Crippen LogP contribution in [0.1, 0.15) is 0 Å². The Balaban J connectivity index is 1.87. The van der Waals surface area contributed by atoms with E-state index in [1.165, 1.54) is 11.3 Å². The second-order valence-corrected chi connectivity index (χ2v) is 6.73. The number of thiazole rings is 1. The molecule has 0 aliphatic heterocycles. The van der Waals surface area contributed by atoms with Gasteiger partial charge in [0.25, 0.3) is 0 Å². The number of benzene rings is 2. The maximum absolute atomic E-state index is 10.5. The van der Waals surface area contributed by atoms with Crippen LogP contribution in [0.4, 0.5) is 5.82 Å².